The predicted molar refractivity (Wildman–Crippen MR) is 241 cm³/mol. The van der Waals surface area contributed by atoms with Crippen molar-refractivity contribution in [1.29, 1.82) is 0 Å². The third-order valence-corrected chi connectivity index (χ3v) is 14.7. The van der Waals surface area contributed by atoms with Gasteiger partial charge < -0.3 is 35.3 Å². The summed E-state index contributed by atoms with van der Waals surface area (Å²) in [7, 11) is -4.88. The number of tetrazole rings is 1. The summed E-state index contributed by atoms with van der Waals surface area (Å²) in [6, 6.07) is 28.5. The highest BCUT2D eigenvalue weighted by atomic mass is 32.2. The molecule has 2 heterocycles. The summed E-state index contributed by atoms with van der Waals surface area (Å²) in [5.41, 5.74) is 14.7. The zero-order valence-corrected chi connectivity index (χ0v) is 37.9. The summed E-state index contributed by atoms with van der Waals surface area (Å²) < 4.78 is 84.8. The second-order valence-corrected chi connectivity index (χ2v) is 20.2. The highest BCUT2D eigenvalue weighted by molar-refractivity contribution is 7.94. The molecule has 4 N–H and O–H groups in total. The molecule has 1 aromatic heterocycles. The fraction of sp³-hybridized carbons (Fsp3) is 0.289. The second-order valence-electron chi connectivity index (χ2n) is 16.1. The van der Waals surface area contributed by atoms with Gasteiger partial charge in [-0.15, -0.1) is 10.2 Å². The number of rotatable bonds is 15. The van der Waals surface area contributed by atoms with Crippen LogP contribution in [0.15, 0.2) is 113 Å². The van der Waals surface area contributed by atoms with Gasteiger partial charge in [0.15, 0.2) is 9.84 Å². The van der Waals surface area contributed by atoms with Gasteiger partial charge in [0.1, 0.15) is 33.0 Å². The van der Waals surface area contributed by atoms with Gasteiger partial charge in [0.2, 0.25) is 15.8 Å². The third kappa shape index (κ3) is 9.60. The monoisotopic (exact) mass is 910 g/mol. The van der Waals surface area contributed by atoms with E-state index < -0.39 is 46.6 Å². The Morgan fingerprint density at radius 1 is 0.734 bits per heavy atom. The Balaban J connectivity index is 1.46. The molecule has 6 aromatic rings. The van der Waals surface area contributed by atoms with Gasteiger partial charge in [-0.05, 0) is 96.8 Å². The van der Waals surface area contributed by atoms with Crippen LogP contribution in [-0.2, 0) is 44.2 Å². The van der Waals surface area contributed by atoms with Gasteiger partial charge in [-0.1, -0.05) is 54.6 Å². The number of ether oxygens (including phenoxy) is 4. The summed E-state index contributed by atoms with van der Waals surface area (Å²) in [6.45, 7) is 4.36. The van der Waals surface area contributed by atoms with Crippen LogP contribution in [0.5, 0.6) is 17.2 Å². The molecule has 0 bridgehead atoms. The van der Waals surface area contributed by atoms with Gasteiger partial charge in [0, 0.05) is 31.7 Å². The fourth-order valence-electron chi connectivity index (χ4n) is 7.13. The molecule has 19 heteroatoms. The zero-order valence-electron chi connectivity index (χ0n) is 36.3. The molecule has 7 rings (SSSR count). The minimum absolute atomic E-state index is 0.119. The molecule has 0 radical (unpaired) electrons. The lowest BCUT2D eigenvalue weighted by Crippen LogP contribution is -2.57. The van der Waals surface area contributed by atoms with Crippen molar-refractivity contribution in [2.45, 2.75) is 61.0 Å². The largest absolute Gasteiger partial charge is 0.497 e. The van der Waals surface area contributed by atoms with Gasteiger partial charge >= 0.3 is 6.09 Å². The molecule has 5 aromatic carbocycles. The average Bonchev–Trinajstić information content (AvgIpc) is 3.71. The van der Waals surface area contributed by atoms with Gasteiger partial charge in [-0.25, -0.2) is 21.6 Å². The molecule has 0 aliphatic carbocycles. The van der Waals surface area contributed by atoms with Crippen LogP contribution in [0.1, 0.15) is 37.5 Å². The number of hydrogen-bond acceptors (Lipinski definition) is 14. The summed E-state index contributed by atoms with van der Waals surface area (Å²) in [4.78, 5) is 14.4. The molecule has 0 spiro atoms. The van der Waals surface area contributed by atoms with Crippen molar-refractivity contribution in [3.05, 3.63) is 120 Å². The van der Waals surface area contributed by atoms with E-state index in [0.29, 0.717) is 33.9 Å². The number of nitrogens with two attached hydrogens (primary N) is 2. The lowest BCUT2D eigenvalue weighted by Gasteiger charge is -2.39. The Morgan fingerprint density at radius 2 is 1.27 bits per heavy atom. The van der Waals surface area contributed by atoms with Crippen molar-refractivity contribution < 1.29 is 40.6 Å². The smallest absolute Gasteiger partial charge is 0.410 e. The summed E-state index contributed by atoms with van der Waals surface area (Å²) >= 11 is 0. The van der Waals surface area contributed by atoms with E-state index in [1.807, 2.05) is 12.1 Å². The van der Waals surface area contributed by atoms with Crippen LogP contribution in [0.3, 0.4) is 0 Å². The maximum absolute atomic E-state index is 16.0. The molecule has 0 unspecified atom stereocenters. The number of aromatic nitrogens is 4. The maximum atomic E-state index is 16.0. The molecule has 0 atom stereocenters. The van der Waals surface area contributed by atoms with Crippen LogP contribution in [0, 0.1) is 0 Å². The van der Waals surface area contributed by atoms with Crippen LogP contribution in [-0.4, -0.2) is 97.6 Å². The Hall–Kier alpha value is -6.70. The summed E-state index contributed by atoms with van der Waals surface area (Å²) in [5.74, 6) is 1.56. The number of nitrogen functional groups attached to an aromatic ring is 2. The van der Waals surface area contributed by atoms with Crippen LogP contribution in [0.25, 0.3) is 22.5 Å². The highest BCUT2D eigenvalue weighted by Crippen LogP contribution is 2.45. The minimum Gasteiger partial charge on any atom is -0.497 e. The number of sulfone groups is 1. The Bertz CT molecular complexity index is 2810. The molecule has 1 amide bonds. The van der Waals surface area contributed by atoms with Gasteiger partial charge in [0.25, 0.3) is 0 Å². The normalized spacial score (nSPS) is 13.4. The number of hydrogen-bond donors (Lipinski definition) is 2. The minimum atomic E-state index is -4.92. The number of carbonyl (C=O) groups excluding carboxylic acids is 1. The molecule has 17 nitrogen and oxygen atoms in total. The number of carbonyl (C=O) groups is 1. The van der Waals surface area contributed by atoms with Crippen molar-refractivity contribution >= 4 is 37.3 Å². The second kappa shape index (κ2) is 18.2. The molecule has 336 valence electrons. The van der Waals surface area contributed by atoms with Crippen molar-refractivity contribution in [2.24, 2.45) is 0 Å². The molecular formula is C45H50N8O9S2. The van der Waals surface area contributed by atoms with Crippen molar-refractivity contribution in [1.82, 2.24) is 29.4 Å². The van der Waals surface area contributed by atoms with Gasteiger partial charge in [-0.2, -0.15) is 9.10 Å². The topological polar surface area (TPSA) is 224 Å². The number of nitrogens with zero attached hydrogens (tertiary/aromatic N) is 6. The van der Waals surface area contributed by atoms with Crippen molar-refractivity contribution in [2.75, 3.05) is 45.9 Å². The van der Waals surface area contributed by atoms with E-state index in [2.05, 4.69) is 15.4 Å². The number of amides is 1. The van der Waals surface area contributed by atoms with E-state index in [4.69, 9.17) is 30.4 Å². The van der Waals surface area contributed by atoms with Crippen molar-refractivity contribution in [3.8, 4) is 39.8 Å². The van der Waals surface area contributed by atoms with Gasteiger partial charge in [0.05, 0.1) is 49.7 Å². The zero-order chi connectivity index (χ0) is 46.0. The first-order valence-electron chi connectivity index (χ1n) is 20.1. The van der Waals surface area contributed by atoms with Crippen LogP contribution >= 0.6 is 0 Å². The first-order valence-corrected chi connectivity index (χ1v) is 23.1. The lowest BCUT2D eigenvalue weighted by atomic mass is 9.97. The molecule has 1 aliphatic heterocycles. The summed E-state index contributed by atoms with van der Waals surface area (Å²) in [5, 5.41) is 12.2. The molecule has 1 saturated heterocycles. The van der Waals surface area contributed by atoms with E-state index in [1.54, 1.807) is 107 Å². The SMILES string of the molecule is COc1ccc(CN(Cc2ccc(OC)cc2)S(=O)(=O)c2c(S(=O)(=O)C3CN(C(=O)OC(C)(C)C)C3)ccc(-c3cccc(N)c3N)c2-c2nnn(Cc3ccc(OC)cc3)n2)cc1. The maximum Gasteiger partial charge on any atom is 0.410 e. The quantitative estimate of drug-likeness (QED) is 0.112. The first-order chi connectivity index (χ1) is 30.4. The standard InChI is InChI=1S/C45H50N8O9S2/c1-45(2,3)62-44(54)51-27-35(28-51)63(55,56)39-23-22-36(37-8-7-9-38(46)41(37)47)40(43-48-50-53(49-43)26-31-14-20-34(61-6)21-15-31)42(39)64(57,58)52(24-29-10-16-32(59-4)17-11-29)25-30-12-18-33(60-5)19-13-30/h7-23,35H,24-28,46-47H2,1-6H3. The van der Waals surface area contributed by atoms with Crippen molar-refractivity contribution in [3.63, 3.8) is 0 Å². The molecule has 0 saturated carbocycles. The molecular weight excluding hydrogens is 861 g/mol. The first kappa shape index (κ1) is 45.3. The lowest BCUT2D eigenvalue weighted by molar-refractivity contribution is 0.0139. The molecule has 1 fully saturated rings. The van der Waals surface area contributed by atoms with Gasteiger partial charge in [-0.3, -0.25) is 0 Å². The van der Waals surface area contributed by atoms with E-state index >= 15 is 16.8 Å². The predicted octanol–water partition coefficient (Wildman–Crippen LogP) is 6.03. The number of benzene rings is 5. The Labute approximate surface area is 372 Å². The average molecular weight is 911 g/mol. The van der Waals surface area contributed by atoms with E-state index in [0.717, 1.165) is 5.56 Å². The third-order valence-electron chi connectivity index (χ3n) is 10.6. The highest BCUT2D eigenvalue weighted by Gasteiger charge is 2.46. The van der Waals surface area contributed by atoms with E-state index in [-0.39, 0.29) is 61.0 Å². The van der Waals surface area contributed by atoms with Crippen LogP contribution in [0.4, 0.5) is 16.2 Å². The Morgan fingerprint density at radius 3 is 1.78 bits per heavy atom. The van der Waals surface area contributed by atoms with E-state index in [1.165, 1.54) is 40.4 Å². The fourth-order valence-corrected chi connectivity index (χ4v) is 11.2. The molecule has 1 aliphatic rings. The number of para-hydroxylation sites is 1. The number of methoxy groups -OCH3 is 3. The van der Waals surface area contributed by atoms with Crippen LogP contribution in [0.2, 0.25) is 0 Å². The number of likely N-dealkylation sites (tertiary alicyclic amines) is 1. The summed E-state index contributed by atoms with van der Waals surface area (Å²) in [6.07, 6.45) is -0.692. The Kier molecular flexibility index (Phi) is 12.9. The number of sulfonamides is 1. The van der Waals surface area contributed by atoms with Crippen LogP contribution < -0.4 is 25.7 Å². The molecule has 64 heavy (non-hydrogen) atoms. The van der Waals surface area contributed by atoms with E-state index in [9.17, 15) is 4.79 Å². The number of anilines is 2.